The van der Waals surface area contributed by atoms with E-state index in [-0.39, 0.29) is 11.6 Å². The molecule has 0 spiro atoms. The van der Waals surface area contributed by atoms with Gasteiger partial charge in [-0.05, 0) is 51.4 Å². The highest BCUT2D eigenvalue weighted by Crippen LogP contribution is 2.27. The van der Waals surface area contributed by atoms with Gasteiger partial charge in [0.25, 0.3) is 0 Å². The molecule has 3 unspecified atom stereocenters. The highest BCUT2D eigenvalue weighted by Gasteiger charge is 2.37. The van der Waals surface area contributed by atoms with Gasteiger partial charge >= 0.3 is 0 Å². The third kappa shape index (κ3) is 3.34. The van der Waals surface area contributed by atoms with Crippen molar-refractivity contribution in [2.45, 2.75) is 44.4 Å². The van der Waals surface area contributed by atoms with Gasteiger partial charge in [0, 0.05) is 29.8 Å². The predicted molar refractivity (Wildman–Crippen MR) is 84.2 cm³/mol. The molecule has 0 amide bonds. The van der Waals surface area contributed by atoms with Crippen molar-refractivity contribution >= 4 is 11.6 Å². The van der Waals surface area contributed by atoms with E-state index in [0.717, 1.165) is 24.5 Å². The summed E-state index contributed by atoms with van der Waals surface area (Å²) >= 11 is 5.95. The van der Waals surface area contributed by atoms with Crippen LogP contribution in [0.3, 0.4) is 0 Å². The van der Waals surface area contributed by atoms with E-state index in [4.69, 9.17) is 22.1 Å². The summed E-state index contributed by atoms with van der Waals surface area (Å²) in [7, 11) is 2.17. The molecule has 3 nitrogen and oxygen atoms in total. The summed E-state index contributed by atoms with van der Waals surface area (Å²) < 4.78 is 5.69. The maximum atomic E-state index is 6.09. The Balaban J connectivity index is 2.13. The smallest absolute Gasteiger partial charge is 0.0703 e. The molecule has 1 fully saturated rings. The summed E-state index contributed by atoms with van der Waals surface area (Å²) in [5.41, 5.74) is 7.29. The Morgan fingerprint density at radius 3 is 2.55 bits per heavy atom. The minimum Gasteiger partial charge on any atom is -0.377 e. The Kier molecular flexibility index (Phi) is 5.08. The lowest BCUT2D eigenvalue weighted by Gasteiger charge is -2.43. The van der Waals surface area contributed by atoms with Crippen LogP contribution in [0.2, 0.25) is 5.02 Å². The first-order chi connectivity index (χ1) is 9.46. The van der Waals surface area contributed by atoms with Gasteiger partial charge in [-0.3, -0.25) is 4.90 Å². The molecule has 3 atom stereocenters. The van der Waals surface area contributed by atoms with Crippen LogP contribution < -0.4 is 5.73 Å². The molecule has 0 radical (unpaired) electrons. The molecule has 1 aliphatic heterocycles. The Labute approximate surface area is 127 Å². The maximum Gasteiger partial charge on any atom is 0.0703 e. The van der Waals surface area contributed by atoms with Gasteiger partial charge in [0.15, 0.2) is 0 Å². The van der Waals surface area contributed by atoms with Gasteiger partial charge in [0.05, 0.1) is 6.10 Å². The molecular weight excluding hydrogens is 272 g/mol. The van der Waals surface area contributed by atoms with Crippen LogP contribution in [-0.2, 0) is 11.2 Å². The molecule has 1 aliphatic rings. The molecule has 0 aliphatic carbocycles. The number of hydrogen-bond donors (Lipinski definition) is 1. The van der Waals surface area contributed by atoms with Crippen LogP contribution in [0.4, 0.5) is 0 Å². The molecule has 1 aromatic carbocycles. The first kappa shape index (κ1) is 15.8. The fraction of sp³-hybridized carbons (Fsp3) is 0.625. The molecule has 0 aromatic heterocycles. The zero-order valence-electron chi connectivity index (χ0n) is 12.6. The number of ether oxygens (including phenoxy) is 1. The van der Waals surface area contributed by atoms with E-state index in [9.17, 15) is 0 Å². The predicted octanol–water partition coefficient (Wildman–Crippen LogP) is 2.71. The molecular formula is C16H25ClN2O. The van der Waals surface area contributed by atoms with E-state index >= 15 is 0 Å². The highest BCUT2D eigenvalue weighted by molar-refractivity contribution is 6.30. The van der Waals surface area contributed by atoms with Crippen molar-refractivity contribution < 1.29 is 4.74 Å². The minimum absolute atomic E-state index is 0.0690. The standard InChI is InChI=1S/C16H25ClN2O/c1-12-15(8-9-20-12)19(3)16(2,11-18)10-13-4-6-14(17)7-5-13/h4-7,12,15H,8-11,18H2,1-3H3. The van der Waals surface area contributed by atoms with E-state index in [1.54, 1.807) is 0 Å². The van der Waals surface area contributed by atoms with E-state index < -0.39 is 0 Å². The first-order valence-electron chi connectivity index (χ1n) is 7.25. The van der Waals surface area contributed by atoms with Crippen molar-refractivity contribution in [3.8, 4) is 0 Å². The van der Waals surface area contributed by atoms with Crippen LogP contribution in [-0.4, -0.2) is 42.8 Å². The second-order valence-electron chi connectivity index (χ2n) is 6.05. The van der Waals surface area contributed by atoms with Crippen molar-refractivity contribution in [1.82, 2.24) is 4.90 Å². The monoisotopic (exact) mass is 296 g/mol. The van der Waals surface area contributed by atoms with Crippen LogP contribution in [0.25, 0.3) is 0 Å². The zero-order valence-corrected chi connectivity index (χ0v) is 13.4. The fourth-order valence-corrected chi connectivity index (χ4v) is 3.14. The Morgan fingerprint density at radius 2 is 2.05 bits per heavy atom. The number of hydrogen-bond acceptors (Lipinski definition) is 3. The summed E-state index contributed by atoms with van der Waals surface area (Å²) in [5, 5.41) is 0.773. The molecule has 1 heterocycles. The van der Waals surface area contributed by atoms with Gasteiger partial charge in [0.1, 0.15) is 0 Å². The average Bonchev–Trinajstić information content (AvgIpc) is 2.86. The Morgan fingerprint density at radius 1 is 1.40 bits per heavy atom. The summed E-state index contributed by atoms with van der Waals surface area (Å²) in [6, 6.07) is 8.48. The lowest BCUT2D eigenvalue weighted by atomic mass is 9.89. The average molecular weight is 297 g/mol. The number of rotatable bonds is 5. The molecule has 2 N–H and O–H groups in total. The van der Waals surface area contributed by atoms with Gasteiger partial charge < -0.3 is 10.5 Å². The molecule has 20 heavy (non-hydrogen) atoms. The lowest BCUT2D eigenvalue weighted by Crippen LogP contribution is -2.56. The maximum absolute atomic E-state index is 6.09. The number of halogens is 1. The fourth-order valence-electron chi connectivity index (χ4n) is 3.01. The second kappa shape index (κ2) is 6.44. The van der Waals surface area contributed by atoms with E-state index in [1.165, 1.54) is 5.56 Å². The SMILES string of the molecule is CC1OCCC1N(C)C(C)(CN)Cc1ccc(Cl)cc1. The number of nitrogens with two attached hydrogens (primary N) is 1. The summed E-state index contributed by atoms with van der Waals surface area (Å²) in [4.78, 5) is 2.40. The molecule has 0 bridgehead atoms. The Hall–Kier alpha value is -0.610. The largest absolute Gasteiger partial charge is 0.377 e. The van der Waals surface area contributed by atoms with Gasteiger partial charge in [-0.2, -0.15) is 0 Å². The van der Waals surface area contributed by atoms with Crippen molar-refractivity contribution in [1.29, 1.82) is 0 Å². The van der Waals surface area contributed by atoms with Gasteiger partial charge in [0.2, 0.25) is 0 Å². The first-order valence-corrected chi connectivity index (χ1v) is 7.63. The summed E-state index contributed by atoms with van der Waals surface area (Å²) in [6.45, 7) is 5.84. The molecule has 0 saturated carbocycles. The third-order valence-electron chi connectivity index (χ3n) is 4.62. The summed E-state index contributed by atoms with van der Waals surface area (Å²) in [6.07, 6.45) is 2.27. The van der Waals surface area contributed by atoms with Gasteiger partial charge in [-0.25, -0.2) is 0 Å². The zero-order chi connectivity index (χ0) is 14.8. The van der Waals surface area contributed by atoms with Crippen LogP contribution in [0.5, 0.6) is 0 Å². The number of benzene rings is 1. The van der Waals surface area contributed by atoms with Crippen molar-refractivity contribution in [3.05, 3.63) is 34.9 Å². The van der Waals surface area contributed by atoms with Crippen molar-refractivity contribution in [3.63, 3.8) is 0 Å². The van der Waals surface area contributed by atoms with Crippen LogP contribution >= 0.6 is 11.6 Å². The Bertz CT molecular complexity index is 437. The third-order valence-corrected chi connectivity index (χ3v) is 4.88. The van der Waals surface area contributed by atoms with Crippen LogP contribution in [0.1, 0.15) is 25.8 Å². The van der Waals surface area contributed by atoms with Crippen molar-refractivity contribution in [2.75, 3.05) is 20.2 Å². The highest BCUT2D eigenvalue weighted by atomic mass is 35.5. The normalized spacial score (nSPS) is 25.9. The quantitative estimate of drug-likeness (QED) is 0.908. The van der Waals surface area contributed by atoms with Crippen LogP contribution in [0.15, 0.2) is 24.3 Å². The number of likely N-dealkylation sites (N-methyl/N-ethyl adjacent to an activating group) is 1. The van der Waals surface area contributed by atoms with Crippen LogP contribution in [0, 0.1) is 0 Å². The molecule has 1 aromatic rings. The topological polar surface area (TPSA) is 38.5 Å². The molecule has 4 heteroatoms. The van der Waals surface area contributed by atoms with Gasteiger partial charge in [-0.1, -0.05) is 23.7 Å². The molecule has 112 valence electrons. The van der Waals surface area contributed by atoms with Crippen molar-refractivity contribution in [2.24, 2.45) is 5.73 Å². The summed E-state index contributed by atoms with van der Waals surface area (Å²) in [5.74, 6) is 0. The van der Waals surface area contributed by atoms with E-state index in [1.807, 2.05) is 12.1 Å². The van der Waals surface area contributed by atoms with E-state index in [2.05, 4.69) is 37.9 Å². The lowest BCUT2D eigenvalue weighted by molar-refractivity contribution is 0.0361. The molecule has 2 rings (SSSR count). The second-order valence-corrected chi connectivity index (χ2v) is 6.48. The molecule has 1 saturated heterocycles. The van der Waals surface area contributed by atoms with E-state index in [0.29, 0.717) is 12.6 Å². The van der Waals surface area contributed by atoms with Gasteiger partial charge in [-0.15, -0.1) is 0 Å². The number of nitrogens with zero attached hydrogens (tertiary/aromatic N) is 1. The minimum atomic E-state index is -0.0690.